The summed E-state index contributed by atoms with van der Waals surface area (Å²) >= 11 is 0. The van der Waals surface area contributed by atoms with Crippen LogP contribution >= 0.6 is 0 Å². The highest BCUT2D eigenvalue weighted by Crippen LogP contribution is 2.49. The first kappa shape index (κ1) is 18.8. The van der Waals surface area contributed by atoms with Gasteiger partial charge in [0.2, 0.25) is 5.91 Å². The Bertz CT molecular complexity index is 861. The quantitative estimate of drug-likeness (QED) is 0.768. The second-order valence-electron chi connectivity index (χ2n) is 7.64. The van der Waals surface area contributed by atoms with E-state index in [4.69, 9.17) is 4.74 Å². The molecule has 1 N–H and O–H groups in total. The van der Waals surface area contributed by atoms with Gasteiger partial charge >= 0.3 is 0 Å². The number of hydrogen-bond acceptors (Lipinski definition) is 3. The highest BCUT2D eigenvalue weighted by atomic mass is 19.1. The number of pyridine rings is 1. The molecule has 2 unspecified atom stereocenters. The molecule has 2 aromatic rings. The number of ether oxygens (including phenoxy) is 1. The predicted octanol–water partition coefficient (Wildman–Crippen LogP) is 4.27. The van der Waals surface area contributed by atoms with Gasteiger partial charge in [-0.1, -0.05) is 0 Å². The largest absolute Gasteiger partial charge is 0.492 e. The van der Waals surface area contributed by atoms with E-state index in [1.165, 1.54) is 12.8 Å². The number of benzene rings is 1. The maximum Gasteiger partial charge on any atom is 0.224 e. The zero-order chi connectivity index (χ0) is 19.8. The molecule has 2 aliphatic rings. The van der Waals surface area contributed by atoms with E-state index in [9.17, 15) is 18.0 Å². The molecule has 0 radical (unpaired) electrons. The van der Waals surface area contributed by atoms with Gasteiger partial charge in [-0.05, 0) is 44.2 Å². The number of aromatic nitrogens is 1. The van der Waals surface area contributed by atoms with Gasteiger partial charge in [-0.3, -0.25) is 9.78 Å². The van der Waals surface area contributed by atoms with Crippen LogP contribution in [0, 0.1) is 29.3 Å². The molecule has 4 nitrogen and oxygen atoms in total. The van der Waals surface area contributed by atoms with Gasteiger partial charge in [-0.15, -0.1) is 0 Å². The van der Waals surface area contributed by atoms with Crippen LogP contribution in [0.1, 0.15) is 49.4 Å². The molecule has 148 valence electrons. The lowest BCUT2D eigenvalue weighted by Crippen LogP contribution is -2.29. The van der Waals surface area contributed by atoms with Crippen LogP contribution in [0.15, 0.2) is 30.5 Å². The first-order valence-electron chi connectivity index (χ1n) is 9.46. The molecule has 2 fully saturated rings. The second kappa shape index (κ2) is 7.45. The third-order valence-electron chi connectivity index (χ3n) is 5.29. The fourth-order valence-electron chi connectivity index (χ4n) is 3.34. The predicted molar refractivity (Wildman–Crippen MR) is 96.2 cm³/mol. The maximum absolute atomic E-state index is 13.9. The lowest BCUT2D eigenvalue weighted by atomic mass is 10.1. The van der Waals surface area contributed by atoms with E-state index in [-0.39, 0.29) is 17.5 Å². The number of carbonyl (C=O) groups is 1. The first-order valence-corrected chi connectivity index (χ1v) is 9.46. The van der Waals surface area contributed by atoms with Crippen LogP contribution in [-0.2, 0) is 4.79 Å². The van der Waals surface area contributed by atoms with Gasteiger partial charge in [0.05, 0.1) is 24.5 Å². The molecule has 0 spiro atoms. The average molecular weight is 390 g/mol. The molecule has 2 saturated carbocycles. The normalized spacial score (nSPS) is 21.9. The smallest absolute Gasteiger partial charge is 0.224 e. The molecule has 3 atom stereocenters. The van der Waals surface area contributed by atoms with Gasteiger partial charge in [0, 0.05) is 29.5 Å². The molecule has 4 rings (SSSR count). The van der Waals surface area contributed by atoms with Crippen molar-refractivity contribution in [3.8, 4) is 5.75 Å². The number of nitrogens with one attached hydrogen (secondary N) is 1. The minimum atomic E-state index is -0.968. The Morgan fingerprint density at radius 2 is 1.96 bits per heavy atom. The summed E-state index contributed by atoms with van der Waals surface area (Å²) in [5, 5.41) is 2.83. The van der Waals surface area contributed by atoms with Gasteiger partial charge in [-0.2, -0.15) is 0 Å². The Hall–Kier alpha value is -2.57. The average Bonchev–Trinajstić information content (AvgIpc) is 3.54. The molecule has 1 aromatic heterocycles. The third kappa shape index (κ3) is 4.13. The van der Waals surface area contributed by atoms with Crippen molar-refractivity contribution in [1.82, 2.24) is 10.3 Å². The van der Waals surface area contributed by atoms with Crippen LogP contribution in [-0.4, -0.2) is 17.5 Å². The van der Waals surface area contributed by atoms with Crippen molar-refractivity contribution in [2.45, 2.75) is 38.1 Å². The van der Waals surface area contributed by atoms with Crippen molar-refractivity contribution in [2.24, 2.45) is 11.8 Å². The molecule has 1 heterocycles. The standard InChI is InChI=1S/C21H21F3N2O2/c1-11(19-5-4-14(9-25-19)28-10-12-2-3-12)26-21(27)16-8-15(16)20-17(23)6-13(22)7-18(20)24/h4-7,9,11-12,15-16H,2-3,8,10H2,1H3,(H,26,27)/t11-,15?,16?/m1/s1. The van der Waals surface area contributed by atoms with Gasteiger partial charge in [0.15, 0.2) is 0 Å². The summed E-state index contributed by atoms with van der Waals surface area (Å²) in [7, 11) is 0. The summed E-state index contributed by atoms with van der Waals surface area (Å²) in [4.78, 5) is 16.8. The summed E-state index contributed by atoms with van der Waals surface area (Å²) in [6.45, 7) is 2.49. The SMILES string of the molecule is C[C@@H](NC(=O)C1CC1c1c(F)cc(F)cc1F)c1ccc(OCC2CC2)cn1. The fraction of sp³-hybridized carbons (Fsp3) is 0.429. The number of hydrogen-bond donors (Lipinski definition) is 1. The van der Waals surface area contributed by atoms with Crippen molar-refractivity contribution in [1.29, 1.82) is 0 Å². The summed E-state index contributed by atoms with van der Waals surface area (Å²) < 4.78 is 46.5. The molecule has 0 aliphatic heterocycles. The monoisotopic (exact) mass is 390 g/mol. The van der Waals surface area contributed by atoms with Crippen molar-refractivity contribution in [3.63, 3.8) is 0 Å². The molecule has 7 heteroatoms. The van der Waals surface area contributed by atoms with E-state index in [0.29, 0.717) is 42.5 Å². The number of halogens is 3. The van der Waals surface area contributed by atoms with E-state index < -0.39 is 29.3 Å². The second-order valence-corrected chi connectivity index (χ2v) is 7.64. The summed E-state index contributed by atoms with van der Waals surface area (Å²) in [6, 6.07) is 4.54. The highest BCUT2D eigenvalue weighted by Gasteiger charge is 2.47. The van der Waals surface area contributed by atoms with Crippen molar-refractivity contribution < 1.29 is 22.7 Å². The topological polar surface area (TPSA) is 51.2 Å². The lowest BCUT2D eigenvalue weighted by molar-refractivity contribution is -0.123. The number of rotatable bonds is 7. The molecule has 1 aromatic carbocycles. The molecule has 0 saturated heterocycles. The number of carbonyl (C=O) groups excluding carboxylic acids is 1. The number of amides is 1. The van der Waals surface area contributed by atoms with Gasteiger partial charge in [-0.25, -0.2) is 13.2 Å². The summed E-state index contributed by atoms with van der Waals surface area (Å²) in [5.74, 6) is -2.92. The molecule has 28 heavy (non-hydrogen) atoms. The van der Waals surface area contributed by atoms with Gasteiger partial charge in [0.1, 0.15) is 23.2 Å². The van der Waals surface area contributed by atoms with E-state index in [0.717, 1.165) is 0 Å². The van der Waals surface area contributed by atoms with Crippen LogP contribution < -0.4 is 10.1 Å². The molecule has 1 amide bonds. The summed E-state index contributed by atoms with van der Waals surface area (Å²) in [5.41, 5.74) is 0.452. The van der Waals surface area contributed by atoms with E-state index in [1.54, 1.807) is 19.2 Å². The Balaban J connectivity index is 1.34. The third-order valence-corrected chi connectivity index (χ3v) is 5.29. The van der Waals surface area contributed by atoms with Gasteiger partial charge in [0.25, 0.3) is 0 Å². The molecular formula is C21H21F3N2O2. The van der Waals surface area contributed by atoms with E-state index in [2.05, 4.69) is 10.3 Å². The zero-order valence-corrected chi connectivity index (χ0v) is 15.4. The summed E-state index contributed by atoms with van der Waals surface area (Å²) in [6.07, 6.45) is 4.38. The maximum atomic E-state index is 13.9. The zero-order valence-electron chi connectivity index (χ0n) is 15.4. The van der Waals surface area contributed by atoms with Crippen LogP contribution in [0.4, 0.5) is 13.2 Å². The Morgan fingerprint density at radius 1 is 1.25 bits per heavy atom. The highest BCUT2D eigenvalue weighted by molar-refractivity contribution is 5.83. The minimum absolute atomic E-state index is 0.218. The van der Waals surface area contributed by atoms with Crippen molar-refractivity contribution in [3.05, 3.63) is 59.2 Å². The first-order chi connectivity index (χ1) is 13.4. The van der Waals surface area contributed by atoms with E-state index >= 15 is 0 Å². The Labute approximate surface area is 161 Å². The van der Waals surface area contributed by atoms with E-state index in [1.807, 2.05) is 6.07 Å². The Morgan fingerprint density at radius 3 is 2.57 bits per heavy atom. The number of nitrogens with zero attached hydrogens (tertiary/aromatic N) is 1. The fourth-order valence-corrected chi connectivity index (χ4v) is 3.34. The minimum Gasteiger partial charge on any atom is -0.492 e. The molecule has 2 aliphatic carbocycles. The van der Waals surface area contributed by atoms with Crippen molar-refractivity contribution in [2.75, 3.05) is 6.61 Å². The van der Waals surface area contributed by atoms with Crippen LogP contribution in [0.25, 0.3) is 0 Å². The lowest BCUT2D eigenvalue weighted by Gasteiger charge is -2.14. The van der Waals surface area contributed by atoms with Crippen molar-refractivity contribution >= 4 is 5.91 Å². The Kier molecular flexibility index (Phi) is 5.00. The van der Waals surface area contributed by atoms with Gasteiger partial charge < -0.3 is 10.1 Å². The van der Waals surface area contributed by atoms with Crippen LogP contribution in [0.2, 0.25) is 0 Å². The van der Waals surface area contributed by atoms with Crippen LogP contribution in [0.5, 0.6) is 5.75 Å². The molecule has 0 bridgehead atoms. The molecular weight excluding hydrogens is 369 g/mol. The van der Waals surface area contributed by atoms with Crippen LogP contribution in [0.3, 0.4) is 0 Å².